The number of rotatable bonds is 3. The Balaban J connectivity index is 1.84. The van der Waals surface area contributed by atoms with Gasteiger partial charge in [-0.05, 0) is 55.8 Å². The fourth-order valence-corrected chi connectivity index (χ4v) is 3.98. The molecule has 0 saturated carbocycles. The highest BCUT2D eigenvalue weighted by atomic mass is 35.5. The van der Waals surface area contributed by atoms with E-state index < -0.39 is 0 Å². The van der Waals surface area contributed by atoms with Crippen LogP contribution in [0.2, 0.25) is 5.02 Å². The molecule has 0 spiro atoms. The van der Waals surface area contributed by atoms with Gasteiger partial charge in [-0.15, -0.1) is 0 Å². The Hall–Kier alpha value is -2.83. The molecule has 0 aliphatic carbocycles. The third-order valence-electron chi connectivity index (χ3n) is 5.12. The largest absolute Gasteiger partial charge is 0.450 e. The first-order chi connectivity index (χ1) is 13.6. The van der Waals surface area contributed by atoms with Crippen LogP contribution in [-0.4, -0.2) is 28.7 Å². The molecular weight excluding hydrogens is 376 g/mol. The molecule has 28 heavy (non-hydrogen) atoms. The average Bonchev–Trinajstić information content (AvgIpc) is 3.30. The Kier molecular flexibility index (Phi) is 4.10. The van der Waals surface area contributed by atoms with Crippen molar-refractivity contribution in [2.24, 2.45) is 0 Å². The van der Waals surface area contributed by atoms with E-state index in [1.807, 2.05) is 43.3 Å². The Bertz CT molecular complexity index is 1250. The van der Waals surface area contributed by atoms with Crippen LogP contribution >= 0.6 is 11.6 Å². The standard InChI is InChI=1S/C21H19ClN4O2/c1-12-3-2-4-15(9-12)26-18-16-10-13(22)5-6-17(16)28-19(18)20(25-21(26)27)24-14-7-8-23-11-14/h2-6,9-10,14,23H,7-8,11H2,1H3,(H,24,25,27). The summed E-state index contributed by atoms with van der Waals surface area (Å²) in [5, 5.41) is 8.06. The fraction of sp³-hybridized carbons (Fsp3) is 0.238. The molecule has 1 aliphatic heterocycles. The van der Waals surface area contributed by atoms with Gasteiger partial charge in [-0.1, -0.05) is 23.7 Å². The number of hydrogen-bond donors (Lipinski definition) is 2. The molecule has 0 bridgehead atoms. The zero-order valence-electron chi connectivity index (χ0n) is 15.3. The Labute approximate surface area is 166 Å². The van der Waals surface area contributed by atoms with Crippen LogP contribution in [0.25, 0.3) is 27.8 Å². The molecule has 3 heterocycles. The van der Waals surface area contributed by atoms with Crippen LogP contribution in [0.1, 0.15) is 12.0 Å². The molecule has 2 aromatic carbocycles. The van der Waals surface area contributed by atoms with Gasteiger partial charge in [0.15, 0.2) is 11.4 Å². The second-order valence-electron chi connectivity index (χ2n) is 7.17. The number of benzene rings is 2. The van der Waals surface area contributed by atoms with Crippen LogP contribution in [-0.2, 0) is 0 Å². The molecule has 2 aromatic heterocycles. The summed E-state index contributed by atoms with van der Waals surface area (Å²) in [5.74, 6) is 0.477. The lowest BCUT2D eigenvalue weighted by atomic mass is 10.2. The number of hydrogen-bond acceptors (Lipinski definition) is 5. The summed E-state index contributed by atoms with van der Waals surface area (Å²) in [6, 6.07) is 13.4. The van der Waals surface area contributed by atoms with E-state index in [2.05, 4.69) is 15.6 Å². The highest BCUT2D eigenvalue weighted by molar-refractivity contribution is 6.31. The van der Waals surface area contributed by atoms with Gasteiger partial charge in [0.05, 0.1) is 5.69 Å². The van der Waals surface area contributed by atoms with E-state index in [1.54, 1.807) is 10.6 Å². The Morgan fingerprint density at radius 2 is 2.18 bits per heavy atom. The number of aromatic nitrogens is 2. The number of nitrogens with zero attached hydrogens (tertiary/aromatic N) is 2. The highest BCUT2D eigenvalue weighted by Gasteiger charge is 2.22. The Morgan fingerprint density at radius 1 is 1.29 bits per heavy atom. The second-order valence-corrected chi connectivity index (χ2v) is 7.61. The minimum Gasteiger partial charge on any atom is -0.450 e. The van der Waals surface area contributed by atoms with Crippen molar-refractivity contribution >= 4 is 39.5 Å². The van der Waals surface area contributed by atoms with E-state index in [9.17, 15) is 4.79 Å². The molecule has 1 saturated heterocycles. The number of aryl methyl sites for hydroxylation is 1. The number of furan rings is 1. The average molecular weight is 395 g/mol. The van der Waals surface area contributed by atoms with Crippen LogP contribution in [0.15, 0.2) is 51.7 Å². The van der Waals surface area contributed by atoms with Crippen LogP contribution in [0.3, 0.4) is 0 Å². The first kappa shape index (κ1) is 17.3. The molecular formula is C21H19ClN4O2. The van der Waals surface area contributed by atoms with Crippen molar-refractivity contribution in [3.63, 3.8) is 0 Å². The van der Waals surface area contributed by atoms with E-state index in [0.29, 0.717) is 27.5 Å². The molecule has 1 atom stereocenters. The fourth-order valence-electron chi connectivity index (χ4n) is 3.81. The van der Waals surface area contributed by atoms with Gasteiger partial charge in [-0.2, -0.15) is 4.98 Å². The predicted octanol–water partition coefficient (Wildman–Crippen LogP) is 3.87. The quantitative estimate of drug-likeness (QED) is 0.552. The van der Waals surface area contributed by atoms with Crippen molar-refractivity contribution in [1.29, 1.82) is 0 Å². The predicted molar refractivity (Wildman–Crippen MR) is 112 cm³/mol. The number of nitrogens with one attached hydrogen (secondary N) is 2. The summed E-state index contributed by atoms with van der Waals surface area (Å²) in [6.07, 6.45) is 0.968. The SMILES string of the molecule is Cc1cccc(-n2c(=O)nc(NC3CCNC3)c3oc4ccc(Cl)cc4c32)c1. The minimum absolute atomic E-state index is 0.210. The van der Waals surface area contributed by atoms with Gasteiger partial charge in [-0.25, -0.2) is 4.79 Å². The molecule has 5 rings (SSSR count). The topological polar surface area (TPSA) is 72.1 Å². The van der Waals surface area contributed by atoms with Gasteiger partial charge >= 0.3 is 5.69 Å². The zero-order valence-corrected chi connectivity index (χ0v) is 16.1. The third-order valence-corrected chi connectivity index (χ3v) is 5.36. The van der Waals surface area contributed by atoms with E-state index in [4.69, 9.17) is 16.0 Å². The maximum absolute atomic E-state index is 13.1. The number of fused-ring (bicyclic) bond motifs is 3. The Morgan fingerprint density at radius 3 is 2.96 bits per heavy atom. The third kappa shape index (κ3) is 2.85. The van der Waals surface area contributed by atoms with Crippen molar-refractivity contribution in [1.82, 2.24) is 14.9 Å². The first-order valence-electron chi connectivity index (χ1n) is 9.29. The van der Waals surface area contributed by atoms with Crippen molar-refractivity contribution < 1.29 is 4.42 Å². The maximum Gasteiger partial charge on any atom is 0.354 e. The molecule has 7 heteroatoms. The van der Waals surface area contributed by atoms with Gasteiger partial charge in [0.25, 0.3) is 0 Å². The minimum atomic E-state index is -0.353. The molecule has 142 valence electrons. The van der Waals surface area contributed by atoms with E-state index in [1.165, 1.54) is 0 Å². The zero-order chi connectivity index (χ0) is 19.3. The smallest absolute Gasteiger partial charge is 0.354 e. The van der Waals surface area contributed by atoms with Gasteiger partial charge in [0.2, 0.25) is 0 Å². The van der Waals surface area contributed by atoms with Crippen molar-refractivity contribution in [3.8, 4) is 5.69 Å². The highest BCUT2D eigenvalue weighted by Crippen LogP contribution is 2.34. The second kappa shape index (κ2) is 6.65. The van der Waals surface area contributed by atoms with E-state index in [-0.39, 0.29) is 11.7 Å². The van der Waals surface area contributed by atoms with Crippen LogP contribution in [0, 0.1) is 6.92 Å². The summed E-state index contributed by atoms with van der Waals surface area (Å²) < 4.78 is 7.73. The lowest BCUT2D eigenvalue weighted by Gasteiger charge is -2.14. The molecule has 1 unspecified atom stereocenters. The number of halogens is 1. The van der Waals surface area contributed by atoms with Crippen molar-refractivity contribution in [3.05, 3.63) is 63.5 Å². The van der Waals surface area contributed by atoms with E-state index >= 15 is 0 Å². The molecule has 4 aromatic rings. The van der Waals surface area contributed by atoms with Gasteiger partial charge in [-0.3, -0.25) is 4.57 Å². The summed E-state index contributed by atoms with van der Waals surface area (Å²) >= 11 is 6.25. The van der Waals surface area contributed by atoms with E-state index in [0.717, 1.165) is 36.1 Å². The van der Waals surface area contributed by atoms with Crippen LogP contribution < -0.4 is 16.3 Å². The summed E-state index contributed by atoms with van der Waals surface area (Å²) in [4.78, 5) is 17.4. The van der Waals surface area contributed by atoms with Crippen molar-refractivity contribution in [2.75, 3.05) is 18.4 Å². The normalized spacial score (nSPS) is 16.9. The molecule has 1 fully saturated rings. The lowest BCUT2D eigenvalue weighted by molar-refractivity contribution is 0.661. The molecule has 6 nitrogen and oxygen atoms in total. The van der Waals surface area contributed by atoms with Gasteiger partial charge in [0.1, 0.15) is 11.1 Å². The maximum atomic E-state index is 13.1. The van der Waals surface area contributed by atoms with Gasteiger partial charge in [0, 0.05) is 23.0 Å². The first-order valence-corrected chi connectivity index (χ1v) is 9.67. The van der Waals surface area contributed by atoms with Gasteiger partial charge < -0.3 is 15.1 Å². The van der Waals surface area contributed by atoms with Crippen molar-refractivity contribution in [2.45, 2.75) is 19.4 Å². The summed E-state index contributed by atoms with van der Waals surface area (Å²) in [7, 11) is 0. The molecule has 2 N–H and O–H groups in total. The summed E-state index contributed by atoms with van der Waals surface area (Å²) in [6.45, 7) is 3.76. The molecule has 0 amide bonds. The lowest BCUT2D eigenvalue weighted by Crippen LogP contribution is -2.27. The summed E-state index contributed by atoms with van der Waals surface area (Å²) in [5.41, 5.74) is 3.36. The molecule has 1 aliphatic rings. The monoisotopic (exact) mass is 394 g/mol. The van der Waals surface area contributed by atoms with Crippen LogP contribution in [0.5, 0.6) is 0 Å². The molecule has 0 radical (unpaired) electrons. The van der Waals surface area contributed by atoms with Crippen LogP contribution in [0.4, 0.5) is 5.82 Å². The number of anilines is 1.